The molecule has 0 radical (unpaired) electrons. The average molecular weight is 275 g/mol. The van der Waals surface area contributed by atoms with Crippen LogP contribution in [0.3, 0.4) is 0 Å². The molecule has 0 aliphatic carbocycles. The molecule has 20 heavy (non-hydrogen) atoms. The van der Waals surface area contributed by atoms with Crippen LogP contribution in [0.5, 0.6) is 23.1 Å². The molecule has 0 amide bonds. The number of rotatable bonds is 5. The fourth-order valence-electron chi connectivity index (χ4n) is 1.74. The molecule has 1 aromatic heterocycles. The molecule has 0 bridgehead atoms. The Morgan fingerprint density at radius 3 is 2.10 bits per heavy atom. The molecule has 2 aromatic rings. The van der Waals surface area contributed by atoms with E-state index in [4.69, 9.17) is 14.2 Å². The van der Waals surface area contributed by atoms with Gasteiger partial charge in [-0.25, -0.2) is 9.97 Å². The number of aromatic nitrogens is 2. The molecule has 106 valence electrons. The van der Waals surface area contributed by atoms with Gasteiger partial charge in [-0.05, 0) is 6.92 Å². The number of hydrogen-bond acceptors (Lipinski definition) is 6. The fourth-order valence-corrected chi connectivity index (χ4v) is 1.74. The lowest BCUT2D eigenvalue weighted by atomic mass is 10.3. The summed E-state index contributed by atoms with van der Waals surface area (Å²) in [6.07, 6.45) is 1.45. The van der Waals surface area contributed by atoms with Gasteiger partial charge in [0, 0.05) is 25.2 Å². The van der Waals surface area contributed by atoms with E-state index in [-0.39, 0.29) is 0 Å². The SMILES string of the molecule is CNc1ncnc(Oc2cc(OC)cc(OC)c2)c1C. The van der Waals surface area contributed by atoms with E-state index < -0.39 is 0 Å². The first kappa shape index (κ1) is 13.9. The monoisotopic (exact) mass is 275 g/mol. The van der Waals surface area contributed by atoms with E-state index >= 15 is 0 Å². The Balaban J connectivity index is 2.34. The lowest BCUT2D eigenvalue weighted by Crippen LogP contribution is -2.00. The van der Waals surface area contributed by atoms with Crippen molar-refractivity contribution in [2.45, 2.75) is 6.92 Å². The number of anilines is 1. The summed E-state index contributed by atoms with van der Waals surface area (Å²) < 4.78 is 16.2. The van der Waals surface area contributed by atoms with Crippen molar-refractivity contribution in [3.8, 4) is 23.1 Å². The minimum absolute atomic E-state index is 0.486. The van der Waals surface area contributed by atoms with Crippen molar-refractivity contribution in [2.24, 2.45) is 0 Å². The third-order valence-corrected chi connectivity index (χ3v) is 2.81. The molecule has 0 atom stereocenters. The highest BCUT2D eigenvalue weighted by atomic mass is 16.5. The van der Waals surface area contributed by atoms with E-state index in [1.165, 1.54) is 6.33 Å². The molecule has 1 aromatic carbocycles. The van der Waals surface area contributed by atoms with Crippen LogP contribution in [0.15, 0.2) is 24.5 Å². The van der Waals surface area contributed by atoms with Gasteiger partial charge in [-0.1, -0.05) is 0 Å². The third-order valence-electron chi connectivity index (χ3n) is 2.81. The van der Waals surface area contributed by atoms with Crippen molar-refractivity contribution < 1.29 is 14.2 Å². The Kier molecular flexibility index (Phi) is 4.24. The average Bonchev–Trinajstić information content (AvgIpc) is 2.49. The second-order valence-electron chi connectivity index (χ2n) is 4.05. The molecule has 2 rings (SSSR count). The Bertz CT molecular complexity index is 580. The van der Waals surface area contributed by atoms with E-state index in [9.17, 15) is 0 Å². The van der Waals surface area contributed by atoms with Crippen molar-refractivity contribution in [1.29, 1.82) is 0 Å². The third kappa shape index (κ3) is 2.90. The normalized spacial score (nSPS) is 10.0. The van der Waals surface area contributed by atoms with Crippen LogP contribution >= 0.6 is 0 Å². The first-order chi connectivity index (χ1) is 9.67. The van der Waals surface area contributed by atoms with Crippen LogP contribution < -0.4 is 19.5 Å². The van der Waals surface area contributed by atoms with E-state index in [0.717, 1.165) is 11.4 Å². The van der Waals surface area contributed by atoms with Gasteiger partial charge in [0.2, 0.25) is 5.88 Å². The first-order valence-corrected chi connectivity index (χ1v) is 6.08. The van der Waals surface area contributed by atoms with Crippen LogP contribution in [0.25, 0.3) is 0 Å². The minimum Gasteiger partial charge on any atom is -0.496 e. The highest BCUT2D eigenvalue weighted by molar-refractivity contribution is 5.49. The van der Waals surface area contributed by atoms with Gasteiger partial charge in [0.05, 0.1) is 19.8 Å². The summed E-state index contributed by atoms with van der Waals surface area (Å²) in [6.45, 7) is 1.89. The van der Waals surface area contributed by atoms with Crippen LogP contribution in [0.4, 0.5) is 5.82 Å². The second kappa shape index (κ2) is 6.10. The summed E-state index contributed by atoms with van der Waals surface area (Å²) in [7, 11) is 4.98. The summed E-state index contributed by atoms with van der Waals surface area (Å²) in [5, 5.41) is 2.99. The maximum atomic E-state index is 5.79. The van der Waals surface area contributed by atoms with Crippen molar-refractivity contribution in [3.63, 3.8) is 0 Å². The topological polar surface area (TPSA) is 65.5 Å². The predicted octanol–water partition coefficient (Wildman–Crippen LogP) is 2.64. The zero-order chi connectivity index (χ0) is 14.5. The van der Waals surface area contributed by atoms with Crippen molar-refractivity contribution in [3.05, 3.63) is 30.1 Å². The van der Waals surface area contributed by atoms with E-state index in [1.807, 2.05) is 6.92 Å². The molecule has 0 aliphatic heterocycles. The number of benzene rings is 1. The van der Waals surface area contributed by atoms with Gasteiger partial charge in [0.15, 0.2) is 0 Å². The summed E-state index contributed by atoms with van der Waals surface area (Å²) in [5.41, 5.74) is 0.830. The van der Waals surface area contributed by atoms with Gasteiger partial charge in [0.25, 0.3) is 0 Å². The summed E-state index contributed by atoms with van der Waals surface area (Å²) in [6, 6.07) is 5.31. The molecule has 0 unspecified atom stereocenters. The summed E-state index contributed by atoms with van der Waals surface area (Å²) in [4.78, 5) is 8.25. The molecule has 0 saturated carbocycles. The second-order valence-corrected chi connectivity index (χ2v) is 4.05. The van der Waals surface area contributed by atoms with Gasteiger partial charge >= 0.3 is 0 Å². The molecule has 6 heteroatoms. The highest BCUT2D eigenvalue weighted by Gasteiger charge is 2.10. The standard InChI is InChI=1S/C14H17N3O3/c1-9-13(15-2)16-8-17-14(9)20-12-6-10(18-3)5-11(7-12)19-4/h5-8H,1-4H3,(H,15,16,17). The van der Waals surface area contributed by atoms with Crippen LogP contribution in [0, 0.1) is 6.92 Å². The van der Waals surface area contributed by atoms with E-state index in [2.05, 4.69) is 15.3 Å². The van der Waals surface area contributed by atoms with Crippen LogP contribution in [-0.4, -0.2) is 31.2 Å². The zero-order valence-corrected chi connectivity index (χ0v) is 11.9. The summed E-state index contributed by atoms with van der Waals surface area (Å²) >= 11 is 0. The lowest BCUT2D eigenvalue weighted by molar-refractivity contribution is 0.384. The molecule has 0 aliphatic rings. The molecule has 0 saturated heterocycles. The van der Waals surface area contributed by atoms with Gasteiger partial charge in [-0.3, -0.25) is 0 Å². The van der Waals surface area contributed by atoms with Gasteiger partial charge in [0.1, 0.15) is 29.4 Å². The molecular weight excluding hydrogens is 258 g/mol. The van der Waals surface area contributed by atoms with Crippen LogP contribution in [-0.2, 0) is 0 Å². The zero-order valence-electron chi connectivity index (χ0n) is 11.9. The quantitative estimate of drug-likeness (QED) is 0.905. The number of hydrogen-bond donors (Lipinski definition) is 1. The Morgan fingerprint density at radius 1 is 0.950 bits per heavy atom. The molecule has 1 N–H and O–H groups in total. The van der Waals surface area contributed by atoms with Crippen molar-refractivity contribution in [2.75, 3.05) is 26.6 Å². The maximum Gasteiger partial charge on any atom is 0.227 e. The number of methoxy groups -OCH3 is 2. The van der Waals surface area contributed by atoms with Crippen molar-refractivity contribution in [1.82, 2.24) is 9.97 Å². The van der Waals surface area contributed by atoms with Gasteiger partial charge in [-0.15, -0.1) is 0 Å². The number of nitrogens with zero attached hydrogens (tertiary/aromatic N) is 2. The van der Waals surface area contributed by atoms with E-state index in [0.29, 0.717) is 23.1 Å². The minimum atomic E-state index is 0.486. The first-order valence-electron chi connectivity index (χ1n) is 6.08. The molecule has 1 heterocycles. The fraction of sp³-hybridized carbons (Fsp3) is 0.286. The molecule has 6 nitrogen and oxygen atoms in total. The van der Waals surface area contributed by atoms with Crippen molar-refractivity contribution >= 4 is 5.82 Å². The predicted molar refractivity (Wildman–Crippen MR) is 75.9 cm³/mol. The lowest BCUT2D eigenvalue weighted by Gasteiger charge is -2.12. The van der Waals surface area contributed by atoms with Gasteiger partial charge in [-0.2, -0.15) is 0 Å². The Labute approximate surface area is 117 Å². The molecular formula is C14H17N3O3. The number of ether oxygens (including phenoxy) is 3. The van der Waals surface area contributed by atoms with Crippen LogP contribution in [0.2, 0.25) is 0 Å². The largest absolute Gasteiger partial charge is 0.496 e. The molecule has 0 spiro atoms. The maximum absolute atomic E-state index is 5.79. The number of nitrogens with one attached hydrogen (secondary N) is 1. The Morgan fingerprint density at radius 2 is 1.55 bits per heavy atom. The Hall–Kier alpha value is -2.50. The summed E-state index contributed by atoms with van der Waals surface area (Å²) in [5.74, 6) is 3.11. The molecule has 0 fully saturated rings. The van der Waals surface area contributed by atoms with E-state index in [1.54, 1.807) is 39.5 Å². The highest BCUT2D eigenvalue weighted by Crippen LogP contribution is 2.32. The van der Waals surface area contributed by atoms with Crippen LogP contribution in [0.1, 0.15) is 5.56 Å². The van der Waals surface area contributed by atoms with Gasteiger partial charge < -0.3 is 19.5 Å². The smallest absolute Gasteiger partial charge is 0.227 e.